The summed E-state index contributed by atoms with van der Waals surface area (Å²) in [7, 11) is 2.05. The Balaban J connectivity index is 0.00000127. The lowest BCUT2D eigenvalue weighted by Crippen LogP contribution is -2.47. The van der Waals surface area contributed by atoms with E-state index >= 15 is 0 Å². The molecule has 39 heavy (non-hydrogen) atoms. The molecule has 4 rings (SSSR count). The number of benzene rings is 2. The lowest BCUT2D eigenvalue weighted by atomic mass is 10.0. The summed E-state index contributed by atoms with van der Waals surface area (Å²) in [5.74, 6) is -0.722. The van der Waals surface area contributed by atoms with Crippen LogP contribution in [0.3, 0.4) is 0 Å². The van der Waals surface area contributed by atoms with Crippen molar-refractivity contribution in [3.05, 3.63) is 71.2 Å². The predicted molar refractivity (Wildman–Crippen MR) is 158 cm³/mol. The van der Waals surface area contributed by atoms with Gasteiger partial charge in [-0.2, -0.15) is 5.10 Å². The molecule has 0 atom stereocenters. The van der Waals surface area contributed by atoms with E-state index in [-0.39, 0.29) is 17.6 Å². The highest BCUT2D eigenvalue weighted by atomic mass is 19.1. The Hall–Kier alpha value is -3.52. The van der Waals surface area contributed by atoms with Crippen LogP contribution in [0.1, 0.15) is 74.7 Å². The van der Waals surface area contributed by atoms with E-state index in [4.69, 9.17) is 0 Å². The Kier molecular flexibility index (Phi) is 11.4. The maximum atomic E-state index is 13.6. The summed E-state index contributed by atoms with van der Waals surface area (Å²) in [6, 6.07) is 11.4. The third kappa shape index (κ3) is 7.76. The first-order valence-corrected chi connectivity index (χ1v) is 13.8. The molecule has 2 amide bonds. The Bertz CT molecular complexity index is 1240. The summed E-state index contributed by atoms with van der Waals surface area (Å²) in [6.45, 7) is 18.9. The molecular weight excluding hydrogens is 493 g/mol. The average Bonchev–Trinajstić information content (AvgIpc) is 3.39. The van der Waals surface area contributed by atoms with Gasteiger partial charge in [-0.05, 0) is 76.7 Å². The number of nitrogens with one attached hydrogen (secondary N) is 1. The van der Waals surface area contributed by atoms with Crippen LogP contribution in [-0.2, 0) is 5.54 Å². The fraction of sp³-hybridized carbons (Fsp3) is 0.452. The molecule has 7 nitrogen and oxygen atoms in total. The highest BCUT2D eigenvalue weighted by molar-refractivity contribution is 6.08. The van der Waals surface area contributed by atoms with Crippen LogP contribution in [0.2, 0.25) is 0 Å². The minimum absolute atomic E-state index is 0.0285. The van der Waals surface area contributed by atoms with Gasteiger partial charge in [-0.1, -0.05) is 33.8 Å². The van der Waals surface area contributed by atoms with E-state index in [1.807, 2.05) is 73.4 Å². The lowest BCUT2D eigenvalue weighted by Gasteiger charge is -2.32. The SMILES string of the molecule is CC.CC.Cc1ccc(NC(=O)c2cnn(C(C)(C)C)c2-c2ccc(F)cc2)cc1C(=O)N1CCN(C)CC1. The summed E-state index contributed by atoms with van der Waals surface area (Å²) in [6.07, 6.45) is 1.53. The Morgan fingerprint density at radius 3 is 2.05 bits per heavy atom. The van der Waals surface area contributed by atoms with Gasteiger partial charge >= 0.3 is 0 Å². The fourth-order valence-corrected chi connectivity index (χ4v) is 4.22. The van der Waals surface area contributed by atoms with Crippen LogP contribution < -0.4 is 5.32 Å². The first-order chi connectivity index (χ1) is 18.5. The average molecular weight is 538 g/mol. The molecule has 1 aliphatic heterocycles. The monoisotopic (exact) mass is 537 g/mol. The van der Waals surface area contributed by atoms with Crippen molar-refractivity contribution in [2.75, 3.05) is 38.5 Å². The third-order valence-corrected chi connectivity index (χ3v) is 6.28. The Morgan fingerprint density at radius 1 is 0.897 bits per heavy atom. The van der Waals surface area contributed by atoms with Crippen LogP contribution in [-0.4, -0.2) is 64.6 Å². The molecule has 0 radical (unpaired) electrons. The van der Waals surface area contributed by atoms with E-state index in [1.54, 1.807) is 28.9 Å². The molecule has 0 aliphatic carbocycles. The van der Waals surface area contributed by atoms with Crippen LogP contribution in [0.4, 0.5) is 10.1 Å². The minimum Gasteiger partial charge on any atom is -0.336 e. The van der Waals surface area contributed by atoms with Gasteiger partial charge in [0, 0.05) is 43.0 Å². The number of amides is 2. The van der Waals surface area contributed by atoms with Gasteiger partial charge in [-0.15, -0.1) is 0 Å². The molecule has 0 bridgehead atoms. The first kappa shape index (κ1) is 31.7. The molecule has 2 aromatic carbocycles. The van der Waals surface area contributed by atoms with Gasteiger partial charge in [0.05, 0.1) is 23.0 Å². The standard InChI is InChI=1S/C27H32FN5O2.2C2H6/c1-18-6-11-21(16-22(18)26(35)32-14-12-31(5)13-15-32)30-25(34)23-17-29-33(27(2,3)4)24(23)19-7-9-20(28)10-8-19;2*1-2/h6-11,16-17H,12-15H2,1-5H3,(H,30,34);2*1-2H3. The van der Waals surface area contributed by atoms with Gasteiger partial charge in [0.1, 0.15) is 5.82 Å². The number of likely N-dealkylation sites (N-methyl/N-ethyl adjacent to an activating group) is 1. The number of rotatable bonds is 4. The number of anilines is 1. The molecule has 3 aromatic rings. The van der Waals surface area contributed by atoms with Gasteiger partial charge in [0.15, 0.2) is 0 Å². The number of carbonyl (C=O) groups is 2. The molecule has 8 heteroatoms. The van der Waals surface area contributed by atoms with E-state index in [2.05, 4.69) is 15.3 Å². The second-order valence-corrected chi connectivity index (χ2v) is 10.1. The topological polar surface area (TPSA) is 70.5 Å². The number of aryl methyl sites for hydroxylation is 1. The van der Waals surface area contributed by atoms with Crippen molar-refractivity contribution in [3.63, 3.8) is 0 Å². The summed E-state index contributed by atoms with van der Waals surface area (Å²) >= 11 is 0. The number of hydrogen-bond acceptors (Lipinski definition) is 4. The fourth-order valence-electron chi connectivity index (χ4n) is 4.22. The van der Waals surface area contributed by atoms with Gasteiger partial charge in [-0.25, -0.2) is 4.39 Å². The number of nitrogens with zero attached hydrogens (tertiary/aromatic N) is 4. The van der Waals surface area contributed by atoms with Gasteiger partial charge in [-0.3, -0.25) is 14.3 Å². The largest absolute Gasteiger partial charge is 0.336 e. The number of piperazine rings is 1. The van der Waals surface area contributed by atoms with Gasteiger partial charge < -0.3 is 15.1 Å². The zero-order chi connectivity index (χ0) is 29.3. The van der Waals surface area contributed by atoms with E-state index in [0.717, 1.165) is 18.7 Å². The van der Waals surface area contributed by atoms with E-state index < -0.39 is 5.54 Å². The molecule has 1 aliphatic rings. The van der Waals surface area contributed by atoms with Gasteiger partial charge in [0.25, 0.3) is 11.8 Å². The normalized spacial score (nSPS) is 13.5. The maximum absolute atomic E-state index is 13.6. The highest BCUT2D eigenvalue weighted by Gasteiger charge is 2.26. The van der Waals surface area contributed by atoms with Crippen molar-refractivity contribution in [1.29, 1.82) is 0 Å². The molecule has 0 spiro atoms. The molecule has 1 saturated heterocycles. The zero-order valence-corrected chi connectivity index (χ0v) is 24.9. The van der Waals surface area contributed by atoms with Crippen LogP contribution in [0.25, 0.3) is 11.3 Å². The summed E-state index contributed by atoms with van der Waals surface area (Å²) in [5.41, 5.74) is 3.25. The van der Waals surface area contributed by atoms with Crippen molar-refractivity contribution in [1.82, 2.24) is 19.6 Å². The van der Waals surface area contributed by atoms with E-state index in [1.165, 1.54) is 18.3 Å². The Morgan fingerprint density at radius 2 is 1.49 bits per heavy atom. The summed E-state index contributed by atoms with van der Waals surface area (Å²) in [5, 5.41) is 7.41. The molecule has 1 fully saturated rings. The van der Waals surface area contributed by atoms with E-state index in [9.17, 15) is 14.0 Å². The Labute approximate surface area is 233 Å². The van der Waals surface area contributed by atoms with Crippen LogP contribution in [0.15, 0.2) is 48.7 Å². The quantitative estimate of drug-likeness (QED) is 0.416. The number of halogens is 1. The van der Waals surface area contributed by atoms with Crippen molar-refractivity contribution in [3.8, 4) is 11.3 Å². The zero-order valence-electron chi connectivity index (χ0n) is 24.9. The molecule has 0 unspecified atom stereocenters. The van der Waals surface area contributed by atoms with E-state index in [0.29, 0.717) is 41.2 Å². The summed E-state index contributed by atoms with van der Waals surface area (Å²) in [4.78, 5) is 30.6. The van der Waals surface area contributed by atoms with Crippen molar-refractivity contribution in [2.45, 2.75) is 60.9 Å². The second kappa shape index (κ2) is 14.0. The minimum atomic E-state index is -0.395. The van der Waals surface area contributed by atoms with Crippen molar-refractivity contribution < 1.29 is 14.0 Å². The molecular formula is C31H44FN5O2. The number of carbonyl (C=O) groups excluding carboxylic acids is 2. The lowest BCUT2D eigenvalue weighted by molar-refractivity contribution is 0.0663. The van der Waals surface area contributed by atoms with Crippen molar-refractivity contribution in [2.24, 2.45) is 0 Å². The van der Waals surface area contributed by atoms with Crippen LogP contribution in [0.5, 0.6) is 0 Å². The second-order valence-electron chi connectivity index (χ2n) is 10.1. The maximum Gasteiger partial charge on any atom is 0.259 e. The predicted octanol–water partition coefficient (Wildman–Crippen LogP) is 6.44. The van der Waals surface area contributed by atoms with Crippen molar-refractivity contribution >= 4 is 17.5 Å². The molecule has 212 valence electrons. The number of hydrogen-bond donors (Lipinski definition) is 1. The molecule has 0 saturated carbocycles. The van der Waals surface area contributed by atoms with Crippen LogP contribution in [0, 0.1) is 12.7 Å². The highest BCUT2D eigenvalue weighted by Crippen LogP contribution is 2.30. The summed E-state index contributed by atoms with van der Waals surface area (Å²) < 4.78 is 15.3. The molecule has 1 N–H and O–H groups in total. The third-order valence-electron chi connectivity index (χ3n) is 6.28. The van der Waals surface area contributed by atoms with Gasteiger partial charge in [0.2, 0.25) is 0 Å². The first-order valence-electron chi connectivity index (χ1n) is 13.8. The number of aromatic nitrogens is 2. The molecule has 2 heterocycles. The smallest absolute Gasteiger partial charge is 0.259 e. The van der Waals surface area contributed by atoms with Crippen LogP contribution >= 0.6 is 0 Å². The molecule has 1 aromatic heterocycles.